The number of non-ortho nitro benzene ring substituents is 1. The molecular weight excluding hydrogens is 490 g/mol. The second-order valence-electron chi connectivity index (χ2n) is 8.79. The molecule has 1 aliphatic carbocycles. The molecule has 0 spiro atoms. The summed E-state index contributed by atoms with van der Waals surface area (Å²) >= 11 is 0. The van der Waals surface area contributed by atoms with Crippen molar-refractivity contribution in [2.45, 2.75) is 44.6 Å². The number of nitro benzene ring substituents is 1. The van der Waals surface area contributed by atoms with Gasteiger partial charge in [-0.15, -0.1) is 0 Å². The number of ketones is 1. The number of hydrogen-bond acceptors (Lipinski definition) is 8. The van der Waals surface area contributed by atoms with Crippen LogP contribution >= 0.6 is 0 Å². The van der Waals surface area contributed by atoms with Gasteiger partial charge in [0.25, 0.3) is 5.69 Å². The fourth-order valence-corrected chi connectivity index (χ4v) is 4.18. The van der Waals surface area contributed by atoms with Crippen LogP contribution in [0.2, 0.25) is 0 Å². The first-order chi connectivity index (χ1) is 18.3. The highest BCUT2D eigenvalue weighted by atomic mass is 16.6. The van der Waals surface area contributed by atoms with Crippen LogP contribution in [0.15, 0.2) is 96.6 Å². The molecule has 3 aromatic rings. The Hall–Kier alpha value is -4.18. The standard InChI is InChI=1S/C29H27NO8/c1-19(31)38-29-27(33)24(26(32)22-12-14-23(15-13-22)30(34)35)16-25(36-17-20-8-4-2-5-9-20)28(29)37-18-21-10-6-3-7-11-21/h2-16,25-26,28-29,32H,17-18H2,1H3/t25-,26-,28+,29+/m0/s1. The van der Waals surface area contributed by atoms with E-state index in [-0.39, 0.29) is 30.0 Å². The topological polar surface area (TPSA) is 125 Å². The van der Waals surface area contributed by atoms with Gasteiger partial charge in [0.1, 0.15) is 18.3 Å². The summed E-state index contributed by atoms with van der Waals surface area (Å²) in [6, 6.07) is 23.9. The molecule has 0 fully saturated rings. The number of carbonyl (C=O) groups excluding carboxylic acids is 2. The van der Waals surface area contributed by atoms with Crippen LogP contribution in [0.4, 0.5) is 5.69 Å². The first-order valence-corrected chi connectivity index (χ1v) is 12.0. The number of aliphatic hydroxyl groups is 1. The molecule has 196 valence electrons. The van der Waals surface area contributed by atoms with Gasteiger partial charge in [0.05, 0.1) is 18.1 Å². The molecule has 1 N–H and O–H groups in total. The van der Waals surface area contributed by atoms with Gasteiger partial charge in [0.2, 0.25) is 5.78 Å². The Morgan fingerprint density at radius 3 is 2.00 bits per heavy atom. The van der Waals surface area contributed by atoms with Gasteiger partial charge < -0.3 is 19.3 Å². The van der Waals surface area contributed by atoms with Crippen molar-refractivity contribution in [2.75, 3.05) is 0 Å². The average molecular weight is 518 g/mol. The third-order valence-corrected chi connectivity index (χ3v) is 6.09. The molecule has 0 saturated carbocycles. The minimum absolute atomic E-state index is 0.0530. The van der Waals surface area contributed by atoms with E-state index in [0.717, 1.165) is 11.1 Å². The molecule has 4 atom stereocenters. The molecule has 0 heterocycles. The zero-order valence-corrected chi connectivity index (χ0v) is 20.6. The Labute approximate surface area is 219 Å². The molecule has 9 heteroatoms. The summed E-state index contributed by atoms with van der Waals surface area (Å²) in [5, 5.41) is 22.1. The van der Waals surface area contributed by atoms with Crippen LogP contribution < -0.4 is 0 Å². The third kappa shape index (κ3) is 6.57. The number of hydrogen-bond donors (Lipinski definition) is 1. The van der Waals surface area contributed by atoms with Crippen LogP contribution in [0.25, 0.3) is 0 Å². The number of esters is 1. The van der Waals surface area contributed by atoms with Crippen molar-refractivity contribution in [1.29, 1.82) is 0 Å². The summed E-state index contributed by atoms with van der Waals surface area (Å²) in [6.07, 6.45) is -3.16. The van der Waals surface area contributed by atoms with E-state index in [9.17, 15) is 24.8 Å². The molecule has 0 amide bonds. The molecular formula is C29H27NO8. The summed E-state index contributed by atoms with van der Waals surface area (Å²) in [6.45, 7) is 1.50. The Morgan fingerprint density at radius 1 is 0.921 bits per heavy atom. The molecule has 0 unspecified atom stereocenters. The molecule has 0 saturated heterocycles. The maximum Gasteiger partial charge on any atom is 0.303 e. The number of rotatable bonds is 10. The van der Waals surface area contributed by atoms with Crippen molar-refractivity contribution in [3.05, 3.63) is 123 Å². The van der Waals surface area contributed by atoms with Gasteiger partial charge in [0, 0.05) is 24.6 Å². The van der Waals surface area contributed by atoms with E-state index in [1.54, 1.807) is 0 Å². The normalized spacial score (nSPS) is 19.9. The molecule has 0 radical (unpaired) electrons. The van der Waals surface area contributed by atoms with E-state index in [4.69, 9.17) is 14.2 Å². The largest absolute Gasteiger partial charge is 0.451 e. The summed E-state index contributed by atoms with van der Waals surface area (Å²) in [7, 11) is 0. The van der Waals surface area contributed by atoms with Gasteiger partial charge in [-0.2, -0.15) is 0 Å². The molecule has 0 aliphatic heterocycles. The number of ether oxygens (including phenoxy) is 3. The lowest BCUT2D eigenvalue weighted by Crippen LogP contribution is -2.51. The number of carbonyl (C=O) groups is 2. The summed E-state index contributed by atoms with van der Waals surface area (Å²) in [5.74, 6) is -1.33. The van der Waals surface area contributed by atoms with E-state index in [1.807, 2.05) is 60.7 Å². The van der Waals surface area contributed by atoms with E-state index in [1.165, 1.54) is 37.3 Å². The number of aliphatic hydroxyl groups excluding tert-OH is 1. The highest BCUT2D eigenvalue weighted by Gasteiger charge is 2.45. The first-order valence-electron chi connectivity index (χ1n) is 12.0. The predicted octanol–water partition coefficient (Wildman–Crippen LogP) is 4.24. The van der Waals surface area contributed by atoms with Gasteiger partial charge in [-0.05, 0) is 34.9 Å². The summed E-state index contributed by atoms with van der Waals surface area (Å²) in [5.41, 5.74) is 1.79. The lowest BCUT2D eigenvalue weighted by Gasteiger charge is -2.36. The molecule has 0 bridgehead atoms. The lowest BCUT2D eigenvalue weighted by molar-refractivity contribution is -0.384. The van der Waals surface area contributed by atoms with Crippen molar-refractivity contribution in [3.8, 4) is 0 Å². The van der Waals surface area contributed by atoms with Crippen molar-refractivity contribution >= 4 is 17.4 Å². The maximum absolute atomic E-state index is 13.5. The first kappa shape index (κ1) is 26.9. The molecule has 4 rings (SSSR count). The van der Waals surface area contributed by atoms with E-state index < -0.39 is 41.1 Å². The maximum atomic E-state index is 13.5. The summed E-state index contributed by atoms with van der Waals surface area (Å²) in [4.78, 5) is 36.0. The van der Waals surface area contributed by atoms with Crippen LogP contribution in [-0.2, 0) is 37.0 Å². The molecule has 0 aromatic heterocycles. The highest BCUT2D eigenvalue weighted by Crippen LogP contribution is 2.33. The number of nitro groups is 1. The molecule has 38 heavy (non-hydrogen) atoms. The van der Waals surface area contributed by atoms with Crippen LogP contribution in [-0.4, -0.2) is 40.1 Å². The van der Waals surface area contributed by atoms with Crippen LogP contribution in [0.3, 0.4) is 0 Å². The fraction of sp³-hybridized carbons (Fsp3) is 0.241. The molecule has 3 aromatic carbocycles. The summed E-state index contributed by atoms with van der Waals surface area (Å²) < 4.78 is 17.7. The van der Waals surface area contributed by atoms with Crippen LogP contribution in [0.5, 0.6) is 0 Å². The van der Waals surface area contributed by atoms with E-state index >= 15 is 0 Å². The lowest BCUT2D eigenvalue weighted by atomic mass is 9.85. The van der Waals surface area contributed by atoms with Crippen molar-refractivity contribution < 1.29 is 33.8 Å². The SMILES string of the molecule is CC(=O)O[C@@H]1C(=O)C([C@@H](O)c2ccc([N+](=O)[O-])cc2)=C[C@H](OCc2ccccc2)[C@H]1OCc1ccccc1. The Balaban J connectivity index is 1.67. The molecule has 1 aliphatic rings. The average Bonchev–Trinajstić information content (AvgIpc) is 2.93. The van der Waals surface area contributed by atoms with Gasteiger partial charge in [-0.3, -0.25) is 19.7 Å². The number of nitrogens with zero attached hydrogens (tertiary/aromatic N) is 1. The second-order valence-corrected chi connectivity index (χ2v) is 8.79. The van der Waals surface area contributed by atoms with Crippen molar-refractivity contribution in [3.63, 3.8) is 0 Å². The Bertz CT molecular complexity index is 1290. The quantitative estimate of drug-likeness (QED) is 0.241. The van der Waals surface area contributed by atoms with Crippen molar-refractivity contribution in [2.24, 2.45) is 0 Å². The van der Waals surface area contributed by atoms with Gasteiger partial charge >= 0.3 is 5.97 Å². The monoisotopic (exact) mass is 517 g/mol. The highest BCUT2D eigenvalue weighted by molar-refractivity contribution is 6.02. The van der Waals surface area contributed by atoms with E-state index in [0.29, 0.717) is 0 Å². The zero-order chi connectivity index (χ0) is 27.1. The number of Topliss-reactive ketones (excluding diaryl/α,β-unsaturated/α-hetero) is 1. The zero-order valence-electron chi connectivity index (χ0n) is 20.6. The smallest absolute Gasteiger partial charge is 0.303 e. The van der Waals surface area contributed by atoms with E-state index in [2.05, 4.69) is 0 Å². The minimum Gasteiger partial charge on any atom is -0.451 e. The number of benzene rings is 3. The van der Waals surface area contributed by atoms with Gasteiger partial charge in [-0.1, -0.05) is 60.7 Å². The Kier molecular flexibility index (Phi) is 8.75. The predicted molar refractivity (Wildman–Crippen MR) is 137 cm³/mol. The molecule has 9 nitrogen and oxygen atoms in total. The minimum atomic E-state index is -1.43. The van der Waals surface area contributed by atoms with Crippen LogP contribution in [0, 0.1) is 10.1 Å². The van der Waals surface area contributed by atoms with Crippen LogP contribution in [0.1, 0.15) is 29.7 Å². The van der Waals surface area contributed by atoms with Gasteiger partial charge in [0.15, 0.2) is 6.10 Å². The Morgan fingerprint density at radius 2 is 1.47 bits per heavy atom. The van der Waals surface area contributed by atoms with Gasteiger partial charge in [-0.25, -0.2) is 0 Å². The fourth-order valence-electron chi connectivity index (χ4n) is 4.18. The second kappa shape index (κ2) is 12.4. The van der Waals surface area contributed by atoms with Crippen molar-refractivity contribution in [1.82, 2.24) is 0 Å². The third-order valence-electron chi connectivity index (χ3n) is 6.09.